The third kappa shape index (κ3) is 5.39. The average molecular weight is 295 g/mol. The standard InChI is InChI=1S/C17H30O2Si/c1-17(2,3)20(4,5)19-16(13-14-18)12-11-15-9-7-6-8-10-15/h6-10,16,18H,11-14H2,1-5H3. The van der Waals surface area contributed by atoms with Crippen molar-refractivity contribution in [3.8, 4) is 0 Å². The molecular weight excluding hydrogens is 264 g/mol. The molecule has 1 rings (SSSR count). The number of hydrogen-bond acceptors (Lipinski definition) is 2. The van der Waals surface area contributed by atoms with Crippen LogP contribution < -0.4 is 0 Å². The highest BCUT2D eigenvalue weighted by molar-refractivity contribution is 6.74. The summed E-state index contributed by atoms with van der Waals surface area (Å²) in [7, 11) is -1.75. The Balaban J connectivity index is 2.61. The zero-order valence-electron chi connectivity index (χ0n) is 13.6. The smallest absolute Gasteiger partial charge is 0.192 e. The number of aliphatic hydroxyl groups excluding tert-OH is 1. The van der Waals surface area contributed by atoms with E-state index in [0.717, 1.165) is 19.3 Å². The highest BCUT2D eigenvalue weighted by Crippen LogP contribution is 2.38. The summed E-state index contributed by atoms with van der Waals surface area (Å²) in [5, 5.41) is 9.48. The van der Waals surface area contributed by atoms with E-state index in [1.807, 2.05) is 6.07 Å². The van der Waals surface area contributed by atoms with Crippen LogP contribution in [0.1, 0.15) is 39.2 Å². The van der Waals surface area contributed by atoms with Crippen molar-refractivity contribution in [2.24, 2.45) is 0 Å². The molecule has 114 valence electrons. The van der Waals surface area contributed by atoms with E-state index in [2.05, 4.69) is 58.1 Å². The van der Waals surface area contributed by atoms with Gasteiger partial charge in [0.2, 0.25) is 0 Å². The maximum atomic E-state index is 9.27. The van der Waals surface area contributed by atoms with Gasteiger partial charge in [0.1, 0.15) is 0 Å². The van der Waals surface area contributed by atoms with Crippen LogP contribution in [0.3, 0.4) is 0 Å². The summed E-state index contributed by atoms with van der Waals surface area (Å²) >= 11 is 0. The fraction of sp³-hybridized carbons (Fsp3) is 0.647. The zero-order valence-corrected chi connectivity index (χ0v) is 14.6. The second-order valence-corrected chi connectivity index (χ2v) is 11.8. The molecule has 0 spiro atoms. The Morgan fingerprint density at radius 3 is 2.20 bits per heavy atom. The summed E-state index contributed by atoms with van der Waals surface area (Å²) in [6.07, 6.45) is 2.90. The van der Waals surface area contributed by atoms with Crippen LogP contribution in [0.4, 0.5) is 0 Å². The maximum absolute atomic E-state index is 9.27. The summed E-state index contributed by atoms with van der Waals surface area (Å²) < 4.78 is 6.44. The van der Waals surface area contributed by atoms with Crippen LogP contribution in [0.5, 0.6) is 0 Å². The first-order valence-electron chi connectivity index (χ1n) is 7.59. The summed E-state index contributed by atoms with van der Waals surface area (Å²) in [6.45, 7) is 11.5. The van der Waals surface area contributed by atoms with Crippen molar-refractivity contribution in [1.82, 2.24) is 0 Å². The summed E-state index contributed by atoms with van der Waals surface area (Å²) in [4.78, 5) is 0. The van der Waals surface area contributed by atoms with Gasteiger partial charge in [-0.1, -0.05) is 51.1 Å². The molecule has 0 aromatic heterocycles. The molecule has 0 radical (unpaired) electrons. The van der Waals surface area contributed by atoms with Crippen LogP contribution in [-0.2, 0) is 10.8 Å². The van der Waals surface area contributed by atoms with Crippen LogP contribution in [0.25, 0.3) is 0 Å². The van der Waals surface area contributed by atoms with E-state index in [4.69, 9.17) is 4.43 Å². The van der Waals surface area contributed by atoms with E-state index in [9.17, 15) is 5.11 Å². The van der Waals surface area contributed by atoms with E-state index in [1.165, 1.54) is 5.56 Å². The van der Waals surface area contributed by atoms with E-state index in [0.29, 0.717) is 0 Å². The van der Waals surface area contributed by atoms with Gasteiger partial charge in [-0.25, -0.2) is 0 Å². The molecule has 0 saturated heterocycles. The number of rotatable bonds is 7. The zero-order chi connectivity index (χ0) is 15.2. The van der Waals surface area contributed by atoms with Gasteiger partial charge in [0.25, 0.3) is 0 Å². The van der Waals surface area contributed by atoms with Crippen molar-refractivity contribution in [1.29, 1.82) is 0 Å². The first-order valence-corrected chi connectivity index (χ1v) is 10.5. The van der Waals surface area contributed by atoms with Crippen LogP contribution in [0.2, 0.25) is 18.1 Å². The summed E-state index contributed by atoms with van der Waals surface area (Å²) in [6, 6.07) is 10.5. The van der Waals surface area contributed by atoms with Crippen LogP contribution >= 0.6 is 0 Å². The van der Waals surface area contributed by atoms with Gasteiger partial charge in [0, 0.05) is 12.7 Å². The third-order valence-corrected chi connectivity index (χ3v) is 8.85. The molecule has 1 atom stereocenters. The molecule has 0 aliphatic carbocycles. The van der Waals surface area contributed by atoms with Gasteiger partial charge < -0.3 is 9.53 Å². The predicted molar refractivity (Wildman–Crippen MR) is 88.5 cm³/mol. The summed E-state index contributed by atoms with van der Waals surface area (Å²) in [5.41, 5.74) is 1.34. The van der Waals surface area contributed by atoms with Gasteiger partial charge in [-0.05, 0) is 43.0 Å². The second kappa shape index (κ2) is 7.39. The van der Waals surface area contributed by atoms with Gasteiger partial charge in [0.05, 0.1) is 0 Å². The summed E-state index contributed by atoms with van der Waals surface area (Å²) in [5.74, 6) is 0. The molecule has 0 aliphatic rings. The molecular formula is C17H30O2Si. The molecule has 0 bridgehead atoms. The van der Waals surface area contributed by atoms with Crippen molar-refractivity contribution < 1.29 is 9.53 Å². The maximum Gasteiger partial charge on any atom is 0.192 e. The molecule has 0 heterocycles. The number of benzene rings is 1. The molecule has 1 N–H and O–H groups in total. The lowest BCUT2D eigenvalue weighted by Gasteiger charge is -2.39. The highest BCUT2D eigenvalue weighted by atomic mass is 28.4. The third-order valence-electron chi connectivity index (χ3n) is 4.32. The highest BCUT2D eigenvalue weighted by Gasteiger charge is 2.38. The monoisotopic (exact) mass is 294 g/mol. The lowest BCUT2D eigenvalue weighted by molar-refractivity contribution is 0.132. The van der Waals surface area contributed by atoms with Crippen molar-refractivity contribution in [3.63, 3.8) is 0 Å². The predicted octanol–water partition coefficient (Wildman–Crippen LogP) is 4.39. The Morgan fingerprint density at radius 1 is 1.10 bits per heavy atom. The lowest BCUT2D eigenvalue weighted by atomic mass is 10.1. The molecule has 0 aliphatic heterocycles. The second-order valence-electron chi connectivity index (χ2n) is 7.04. The topological polar surface area (TPSA) is 29.5 Å². The molecule has 1 aromatic carbocycles. The molecule has 3 heteroatoms. The van der Waals surface area contributed by atoms with Crippen LogP contribution in [0.15, 0.2) is 30.3 Å². The van der Waals surface area contributed by atoms with Gasteiger partial charge in [0.15, 0.2) is 8.32 Å². The molecule has 1 aromatic rings. The van der Waals surface area contributed by atoms with Gasteiger partial charge >= 0.3 is 0 Å². The van der Waals surface area contributed by atoms with Gasteiger partial charge in [-0.2, -0.15) is 0 Å². The Kier molecular flexibility index (Phi) is 6.43. The molecule has 0 fully saturated rings. The first-order chi connectivity index (χ1) is 9.26. The van der Waals surface area contributed by atoms with Crippen molar-refractivity contribution >= 4 is 8.32 Å². The molecule has 0 amide bonds. The lowest BCUT2D eigenvalue weighted by Crippen LogP contribution is -2.44. The SMILES string of the molecule is CC(C)(C)[Si](C)(C)OC(CCO)CCc1ccccc1. The number of aryl methyl sites for hydroxylation is 1. The minimum atomic E-state index is -1.75. The van der Waals surface area contributed by atoms with E-state index < -0.39 is 8.32 Å². The molecule has 20 heavy (non-hydrogen) atoms. The first kappa shape index (κ1) is 17.4. The average Bonchev–Trinajstić information content (AvgIpc) is 2.36. The van der Waals surface area contributed by atoms with Crippen molar-refractivity contribution in [2.45, 2.75) is 64.3 Å². The molecule has 2 nitrogen and oxygen atoms in total. The van der Waals surface area contributed by atoms with Crippen LogP contribution in [-0.4, -0.2) is 26.1 Å². The Hall–Kier alpha value is -0.643. The number of hydrogen-bond donors (Lipinski definition) is 1. The van der Waals surface area contributed by atoms with Crippen LogP contribution in [0, 0.1) is 0 Å². The Bertz CT molecular complexity index is 382. The molecule has 1 unspecified atom stereocenters. The normalized spacial score (nSPS) is 14.3. The largest absolute Gasteiger partial charge is 0.414 e. The van der Waals surface area contributed by atoms with E-state index in [-0.39, 0.29) is 17.7 Å². The van der Waals surface area contributed by atoms with E-state index >= 15 is 0 Å². The van der Waals surface area contributed by atoms with Crippen molar-refractivity contribution in [3.05, 3.63) is 35.9 Å². The minimum Gasteiger partial charge on any atom is -0.414 e. The van der Waals surface area contributed by atoms with E-state index in [1.54, 1.807) is 0 Å². The fourth-order valence-electron chi connectivity index (χ4n) is 1.97. The fourth-order valence-corrected chi connectivity index (χ4v) is 3.39. The van der Waals surface area contributed by atoms with Crippen molar-refractivity contribution in [2.75, 3.05) is 6.61 Å². The Morgan fingerprint density at radius 2 is 1.70 bits per heavy atom. The van der Waals surface area contributed by atoms with Gasteiger partial charge in [-0.15, -0.1) is 0 Å². The number of aliphatic hydroxyl groups is 1. The molecule has 0 saturated carbocycles. The quantitative estimate of drug-likeness (QED) is 0.756. The minimum absolute atomic E-state index is 0.168. The Labute approximate surface area is 125 Å². The van der Waals surface area contributed by atoms with Gasteiger partial charge in [-0.3, -0.25) is 0 Å².